The van der Waals surface area contributed by atoms with E-state index >= 15 is 0 Å². The summed E-state index contributed by atoms with van der Waals surface area (Å²) in [6.07, 6.45) is 3.25. The van der Waals surface area contributed by atoms with Crippen LogP contribution in [0.3, 0.4) is 0 Å². The maximum atomic E-state index is 13.0. The van der Waals surface area contributed by atoms with E-state index in [0.29, 0.717) is 6.54 Å². The van der Waals surface area contributed by atoms with E-state index in [-0.39, 0.29) is 23.7 Å². The fourth-order valence-corrected chi connectivity index (χ4v) is 2.68. The lowest BCUT2D eigenvalue weighted by molar-refractivity contribution is -0.124. The number of rotatable bonds is 7. The van der Waals surface area contributed by atoms with Gasteiger partial charge >= 0.3 is 0 Å². The van der Waals surface area contributed by atoms with E-state index in [1.165, 1.54) is 12.1 Å². The van der Waals surface area contributed by atoms with Crippen LogP contribution < -0.4 is 5.32 Å². The van der Waals surface area contributed by atoms with Gasteiger partial charge in [0.25, 0.3) is 0 Å². The van der Waals surface area contributed by atoms with Crippen LogP contribution in [0, 0.1) is 11.2 Å². The summed E-state index contributed by atoms with van der Waals surface area (Å²) in [5.41, 5.74) is 0.410. The molecule has 0 heterocycles. The van der Waals surface area contributed by atoms with Crippen LogP contribution >= 0.6 is 0 Å². The van der Waals surface area contributed by atoms with Crippen molar-refractivity contribution in [3.63, 3.8) is 0 Å². The normalized spacial score (nSPS) is 16.6. The highest BCUT2D eigenvalue weighted by molar-refractivity contribution is 5.91. The van der Waals surface area contributed by atoms with E-state index in [1.807, 2.05) is 0 Å². The molecule has 116 valence electrons. The molecule has 0 unspecified atom stereocenters. The maximum absolute atomic E-state index is 13.0. The molecular formula is C17H24FNO2. The predicted molar refractivity (Wildman–Crippen MR) is 80.4 cm³/mol. The Kier molecular flexibility index (Phi) is 4.67. The summed E-state index contributed by atoms with van der Waals surface area (Å²) in [6.45, 7) is 4.94. The summed E-state index contributed by atoms with van der Waals surface area (Å²) < 4.78 is 13.0. The van der Waals surface area contributed by atoms with E-state index in [0.717, 1.165) is 31.2 Å². The molecule has 0 radical (unpaired) electrons. The summed E-state index contributed by atoms with van der Waals surface area (Å²) in [4.78, 5) is 12.5. The Morgan fingerprint density at radius 3 is 2.48 bits per heavy atom. The highest BCUT2D eigenvalue weighted by atomic mass is 19.1. The monoisotopic (exact) mass is 293 g/mol. The summed E-state index contributed by atoms with van der Waals surface area (Å²) in [6, 6.07) is 6.24. The summed E-state index contributed by atoms with van der Waals surface area (Å²) in [7, 11) is 0. The molecule has 0 aliphatic heterocycles. The molecule has 0 spiro atoms. The van der Waals surface area contributed by atoms with Crippen LogP contribution in [0.4, 0.5) is 4.39 Å². The minimum absolute atomic E-state index is 0.0305. The first-order valence-corrected chi connectivity index (χ1v) is 7.55. The number of amides is 1. The molecular weight excluding hydrogens is 269 g/mol. The topological polar surface area (TPSA) is 49.3 Å². The molecule has 1 aliphatic rings. The largest absolute Gasteiger partial charge is 0.396 e. The number of carbonyl (C=O) groups excluding carboxylic acids is 1. The molecule has 3 nitrogen and oxygen atoms in total. The number of hydrogen-bond donors (Lipinski definition) is 2. The fourth-order valence-electron chi connectivity index (χ4n) is 2.68. The van der Waals surface area contributed by atoms with Crippen molar-refractivity contribution < 1.29 is 14.3 Å². The van der Waals surface area contributed by atoms with Gasteiger partial charge in [0.2, 0.25) is 5.91 Å². The van der Waals surface area contributed by atoms with E-state index in [4.69, 9.17) is 5.11 Å². The van der Waals surface area contributed by atoms with Crippen molar-refractivity contribution in [1.29, 1.82) is 0 Å². The van der Waals surface area contributed by atoms with Crippen molar-refractivity contribution in [2.75, 3.05) is 13.2 Å². The predicted octanol–water partition coefficient (Wildman–Crippen LogP) is 2.77. The number of carbonyl (C=O) groups is 1. The molecule has 1 aromatic carbocycles. The Labute approximate surface area is 125 Å². The van der Waals surface area contributed by atoms with Gasteiger partial charge < -0.3 is 10.4 Å². The minimum atomic E-state index is -0.458. The zero-order valence-corrected chi connectivity index (χ0v) is 12.8. The molecule has 2 rings (SSSR count). The molecule has 1 aliphatic carbocycles. The molecule has 1 aromatic rings. The van der Waals surface area contributed by atoms with Crippen molar-refractivity contribution in [3.05, 3.63) is 35.6 Å². The van der Waals surface area contributed by atoms with Gasteiger partial charge in [0.15, 0.2) is 0 Å². The average molecular weight is 293 g/mol. The van der Waals surface area contributed by atoms with Crippen LogP contribution in [-0.2, 0) is 10.2 Å². The standard InChI is InChI=1S/C17H24FNO2/c1-16(2,8-3-11-20)12-19-15(21)17(9-10-17)13-4-6-14(18)7-5-13/h4-7,20H,3,8-12H2,1-2H3,(H,19,21). The van der Waals surface area contributed by atoms with Crippen LogP contribution in [-0.4, -0.2) is 24.2 Å². The second-order valence-corrected chi connectivity index (χ2v) is 6.76. The Morgan fingerprint density at radius 2 is 1.95 bits per heavy atom. The van der Waals surface area contributed by atoms with Gasteiger partial charge in [-0.15, -0.1) is 0 Å². The molecule has 4 heteroatoms. The molecule has 0 atom stereocenters. The zero-order valence-electron chi connectivity index (χ0n) is 12.8. The second-order valence-electron chi connectivity index (χ2n) is 6.76. The maximum Gasteiger partial charge on any atom is 0.230 e. The van der Waals surface area contributed by atoms with Gasteiger partial charge in [-0.05, 0) is 48.8 Å². The van der Waals surface area contributed by atoms with Crippen molar-refractivity contribution in [1.82, 2.24) is 5.32 Å². The van der Waals surface area contributed by atoms with Gasteiger partial charge in [-0.3, -0.25) is 4.79 Å². The van der Waals surface area contributed by atoms with Gasteiger partial charge in [-0.1, -0.05) is 26.0 Å². The Bertz CT molecular complexity index is 492. The van der Waals surface area contributed by atoms with E-state index in [1.54, 1.807) is 12.1 Å². The number of aliphatic hydroxyl groups is 1. The van der Waals surface area contributed by atoms with Crippen molar-refractivity contribution in [2.24, 2.45) is 5.41 Å². The van der Waals surface area contributed by atoms with Crippen molar-refractivity contribution in [3.8, 4) is 0 Å². The fraction of sp³-hybridized carbons (Fsp3) is 0.588. The van der Waals surface area contributed by atoms with E-state index < -0.39 is 5.41 Å². The molecule has 1 fully saturated rings. The van der Waals surface area contributed by atoms with Crippen LogP contribution in [0.1, 0.15) is 45.1 Å². The first-order valence-electron chi connectivity index (χ1n) is 7.55. The first-order chi connectivity index (χ1) is 9.89. The van der Waals surface area contributed by atoms with Gasteiger partial charge in [0.05, 0.1) is 5.41 Å². The molecule has 0 bridgehead atoms. The highest BCUT2D eigenvalue weighted by Crippen LogP contribution is 2.48. The number of aliphatic hydroxyl groups excluding tert-OH is 1. The van der Waals surface area contributed by atoms with Gasteiger partial charge in [-0.2, -0.15) is 0 Å². The third-order valence-corrected chi connectivity index (χ3v) is 4.32. The lowest BCUT2D eigenvalue weighted by Gasteiger charge is -2.26. The van der Waals surface area contributed by atoms with Gasteiger partial charge in [-0.25, -0.2) is 4.39 Å². The third-order valence-electron chi connectivity index (χ3n) is 4.32. The summed E-state index contributed by atoms with van der Waals surface area (Å²) >= 11 is 0. The van der Waals surface area contributed by atoms with Crippen molar-refractivity contribution in [2.45, 2.75) is 44.9 Å². The van der Waals surface area contributed by atoms with Crippen LogP contribution in [0.5, 0.6) is 0 Å². The lowest BCUT2D eigenvalue weighted by atomic mass is 9.87. The van der Waals surface area contributed by atoms with Crippen molar-refractivity contribution >= 4 is 5.91 Å². The zero-order chi connectivity index (χ0) is 15.5. The molecule has 0 aromatic heterocycles. The van der Waals surface area contributed by atoms with Gasteiger partial charge in [0.1, 0.15) is 5.82 Å². The molecule has 2 N–H and O–H groups in total. The molecule has 1 saturated carbocycles. The lowest BCUT2D eigenvalue weighted by Crippen LogP contribution is -2.40. The highest BCUT2D eigenvalue weighted by Gasteiger charge is 2.51. The number of nitrogens with one attached hydrogen (secondary N) is 1. The van der Waals surface area contributed by atoms with Crippen LogP contribution in [0.25, 0.3) is 0 Å². The number of benzene rings is 1. The smallest absolute Gasteiger partial charge is 0.230 e. The Hall–Kier alpha value is -1.42. The van der Waals surface area contributed by atoms with Crippen LogP contribution in [0.15, 0.2) is 24.3 Å². The SMILES string of the molecule is CC(C)(CCCO)CNC(=O)C1(c2ccc(F)cc2)CC1. The molecule has 21 heavy (non-hydrogen) atoms. The third kappa shape index (κ3) is 3.82. The number of hydrogen-bond acceptors (Lipinski definition) is 2. The van der Waals surface area contributed by atoms with E-state index in [9.17, 15) is 9.18 Å². The number of halogens is 1. The quantitative estimate of drug-likeness (QED) is 0.812. The average Bonchev–Trinajstić information content (AvgIpc) is 3.25. The van der Waals surface area contributed by atoms with E-state index in [2.05, 4.69) is 19.2 Å². The molecule has 1 amide bonds. The minimum Gasteiger partial charge on any atom is -0.396 e. The van der Waals surface area contributed by atoms with Gasteiger partial charge in [0, 0.05) is 13.2 Å². The summed E-state index contributed by atoms with van der Waals surface area (Å²) in [5.74, 6) is -0.244. The Balaban J connectivity index is 1.95. The van der Waals surface area contributed by atoms with Crippen LogP contribution in [0.2, 0.25) is 0 Å². The first kappa shape index (κ1) is 16.0. The second kappa shape index (κ2) is 6.14. The Morgan fingerprint density at radius 1 is 1.33 bits per heavy atom. The summed E-state index contributed by atoms with van der Waals surface area (Å²) in [5, 5.41) is 11.9. The molecule has 0 saturated heterocycles.